The fraction of sp³-hybridized carbons (Fsp3) is 0.450. The molecule has 1 aromatic heterocycles. The van der Waals surface area contributed by atoms with Crippen molar-refractivity contribution in [3.8, 4) is 0 Å². The third-order valence-corrected chi connectivity index (χ3v) is 5.84. The van der Waals surface area contributed by atoms with Crippen molar-refractivity contribution in [2.45, 2.75) is 36.9 Å². The van der Waals surface area contributed by atoms with Crippen LogP contribution in [0, 0.1) is 0 Å². The molecule has 0 saturated carbocycles. The highest BCUT2D eigenvalue weighted by Gasteiger charge is 2.53. The Morgan fingerprint density at radius 2 is 2.11 bits per heavy atom. The third-order valence-electron chi connectivity index (χ3n) is 5.84. The van der Waals surface area contributed by atoms with Gasteiger partial charge >= 0.3 is 5.69 Å². The van der Waals surface area contributed by atoms with Crippen molar-refractivity contribution in [3.05, 3.63) is 64.3 Å². The molecule has 1 fully saturated rings. The molecule has 4 rings (SSSR count). The Morgan fingerprint density at radius 3 is 2.85 bits per heavy atom. The molecule has 1 aliphatic heterocycles. The number of nitrogens with one attached hydrogen (secondary N) is 2. The number of methoxy groups -OCH3 is 1. The van der Waals surface area contributed by atoms with Crippen LogP contribution in [0.25, 0.3) is 0 Å². The first-order valence-corrected chi connectivity index (χ1v) is 9.29. The van der Waals surface area contributed by atoms with E-state index in [4.69, 9.17) is 4.74 Å². The minimum atomic E-state index is -0.433. The Labute approximate surface area is 157 Å². The number of aromatic nitrogens is 2. The molecule has 1 saturated heterocycles. The van der Waals surface area contributed by atoms with Gasteiger partial charge in [0.05, 0.1) is 12.1 Å². The van der Waals surface area contributed by atoms with E-state index in [9.17, 15) is 9.59 Å². The molecule has 0 unspecified atom stereocenters. The summed E-state index contributed by atoms with van der Waals surface area (Å²) >= 11 is 0. The highest BCUT2D eigenvalue weighted by molar-refractivity contribution is 5.76. The Kier molecular flexibility index (Phi) is 4.80. The van der Waals surface area contributed by atoms with E-state index in [1.807, 2.05) is 6.07 Å². The summed E-state index contributed by atoms with van der Waals surface area (Å²) in [4.78, 5) is 28.2. The molecule has 7 heteroatoms. The van der Waals surface area contributed by atoms with Gasteiger partial charge in [0, 0.05) is 24.9 Å². The molecule has 0 bridgehead atoms. The largest absolute Gasteiger partial charge is 0.378 e. The van der Waals surface area contributed by atoms with Crippen LogP contribution in [0.4, 0.5) is 0 Å². The van der Waals surface area contributed by atoms with Crippen molar-refractivity contribution in [2.24, 2.45) is 0 Å². The van der Waals surface area contributed by atoms with Crippen LogP contribution >= 0.6 is 0 Å². The average Bonchev–Trinajstić information content (AvgIpc) is 2.93. The van der Waals surface area contributed by atoms with Crippen LogP contribution in [0.5, 0.6) is 0 Å². The lowest BCUT2D eigenvalue weighted by Crippen LogP contribution is -2.49. The number of benzene rings is 1. The maximum Gasteiger partial charge on any atom is 0.347 e. The SMILES string of the molecule is CO[C@@H]1[C@@H](NC(=O)Cn2cccnc2=O)c2ccccc2C12CCNCC2. The molecule has 2 aromatic rings. The lowest BCUT2D eigenvalue weighted by Gasteiger charge is -2.40. The van der Waals surface area contributed by atoms with Gasteiger partial charge in [-0.25, -0.2) is 9.78 Å². The van der Waals surface area contributed by atoms with Gasteiger partial charge in [-0.2, -0.15) is 0 Å². The fourth-order valence-electron chi connectivity index (χ4n) is 4.68. The molecular formula is C20H24N4O3. The summed E-state index contributed by atoms with van der Waals surface area (Å²) in [5, 5.41) is 6.53. The zero-order valence-electron chi connectivity index (χ0n) is 15.4. The van der Waals surface area contributed by atoms with Gasteiger partial charge < -0.3 is 15.4 Å². The molecule has 142 valence electrons. The van der Waals surface area contributed by atoms with Gasteiger partial charge in [-0.3, -0.25) is 9.36 Å². The molecule has 27 heavy (non-hydrogen) atoms. The number of carbonyl (C=O) groups excluding carboxylic acids is 1. The minimum absolute atomic E-state index is 0.0592. The number of amides is 1. The summed E-state index contributed by atoms with van der Waals surface area (Å²) in [7, 11) is 1.71. The summed E-state index contributed by atoms with van der Waals surface area (Å²) in [5.74, 6) is -0.224. The molecular weight excluding hydrogens is 344 g/mol. The molecule has 2 aliphatic rings. The molecule has 1 spiro atoms. The Bertz CT molecular complexity index is 889. The maximum absolute atomic E-state index is 12.7. The van der Waals surface area contributed by atoms with Gasteiger partial charge in [0.2, 0.25) is 5.91 Å². The van der Waals surface area contributed by atoms with Crippen LogP contribution in [-0.4, -0.2) is 41.8 Å². The van der Waals surface area contributed by atoms with E-state index in [1.165, 1.54) is 16.3 Å². The van der Waals surface area contributed by atoms with Crippen molar-refractivity contribution < 1.29 is 9.53 Å². The van der Waals surface area contributed by atoms with E-state index in [2.05, 4.69) is 33.8 Å². The van der Waals surface area contributed by atoms with Crippen LogP contribution in [0.3, 0.4) is 0 Å². The highest BCUT2D eigenvalue weighted by atomic mass is 16.5. The minimum Gasteiger partial charge on any atom is -0.378 e. The standard InChI is InChI=1S/C20H24N4O3/c1-27-18-17(23-16(25)13-24-12-4-9-22-19(24)26)14-5-2-3-6-15(14)20(18)7-10-21-11-8-20/h2-6,9,12,17-18,21H,7-8,10-11,13H2,1H3,(H,23,25)/t17-,18+/m0/s1. The van der Waals surface area contributed by atoms with Crippen molar-refractivity contribution in [3.63, 3.8) is 0 Å². The van der Waals surface area contributed by atoms with Gasteiger partial charge in [-0.1, -0.05) is 24.3 Å². The van der Waals surface area contributed by atoms with Crippen molar-refractivity contribution in [1.82, 2.24) is 20.2 Å². The molecule has 2 N–H and O–H groups in total. The van der Waals surface area contributed by atoms with E-state index in [0.717, 1.165) is 31.5 Å². The Hall–Kier alpha value is -2.51. The number of hydrogen-bond acceptors (Lipinski definition) is 5. The molecule has 2 atom stereocenters. The summed E-state index contributed by atoms with van der Waals surface area (Å²) in [5.41, 5.74) is 1.84. The van der Waals surface area contributed by atoms with E-state index in [1.54, 1.807) is 19.4 Å². The lowest BCUT2D eigenvalue weighted by atomic mass is 9.72. The number of carbonyl (C=O) groups is 1. The quantitative estimate of drug-likeness (QED) is 0.832. The molecule has 1 aliphatic carbocycles. The predicted octanol–water partition coefficient (Wildman–Crippen LogP) is 0.751. The van der Waals surface area contributed by atoms with Crippen molar-refractivity contribution >= 4 is 5.91 Å². The lowest BCUT2D eigenvalue weighted by molar-refractivity contribution is -0.124. The first-order valence-electron chi connectivity index (χ1n) is 9.29. The first kappa shape index (κ1) is 17.9. The van der Waals surface area contributed by atoms with Crippen LogP contribution in [0.2, 0.25) is 0 Å². The van der Waals surface area contributed by atoms with E-state index in [0.29, 0.717) is 0 Å². The summed E-state index contributed by atoms with van der Waals surface area (Å²) in [6.07, 6.45) is 4.80. The van der Waals surface area contributed by atoms with Crippen LogP contribution in [-0.2, 0) is 21.5 Å². The fourth-order valence-corrected chi connectivity index (χ4v) is 4.68. The van der Waals surface area contributed by atoms with Gasteiger partial charge in [0.1, 0.15) is 6.54 Å². The average molecular weight is 368 g/mol. The molecule has 0 radical (unpaired) electrons. The number of rotatable bonds is 4. The second kappa shape index (κ2) is 7.25. The Morgan fingerprint density at radius 1 is 1.33 bits per heavy atom. The summed E-state index contributed by atoms with van der Waals surface area (Å²) < 4.78 is 7.25. The van der Waals surface area contributed by atoms with Gasteiger partial charge in [0.15, 0.2) is 0 Å². The topological polar surface area (TPSA) is 85.2 Å². The molecule has 1 aromatic carbocycles. The summed E-state index contributed by atoms with van der Waals surface area (Å²) in [6.45, 7) is 1.80. The van der Waals surface area contributed by atoms with E-state index in [-0.39, 0.29) is 30.0 Å². The summed E-state index contributed by atoms with van der Waals surface area (Å²) in [6, 6.07) is 9.68. The smallest absolute Gasteiger partial charge is 0.347 e. The molecule has 7 nitrogen and oxygen atoms in total. The van der Waals surface area contributed by atoms with Crippen LogP contribution in [0.15, 0.2) is 47.5 Å². The molecule has 1 amide bonds. The third kappa shape index (κ3) is 3.07. The second-order valence-corrected chi connectivity index (χ2v) is 7.23. The van der Waals surface area contributed by atoms with Crippen molar-refractivity contribution in [2.75, 3.05) is 20.2 Å². The van der Waals surface area contributed by atoms with Gasteiger partial charge in [0.25, 0.3) is 0 Å². The Balaban J connectivity index is 1.63. The number of nitrogens with zero attached hydrogens (tertiary/aromatic N) is 2. The normalized spacial score (nSPS) is 23.1. The van der Waals surface area contributed by atoms with Gasteiger partial charge in [-0.05, 0) is 43.1 Å². The van der Waals surface area contributed by atoms with E-state index >= 15 is 0 Å². The van der Waals surface area contributed by atoms with Gasteiger partial charge in [-0.15, -0.1) is 0 Å². The first-order chi connectivity index (χ1) is 13.2. The number of ether oxygens (including phenoxy) is 1. The second-order valence-electron chi connectivity index (χ2n) is 7.23. The monoisotopic (exact) mass is 368 g/mol. The number of piperidine rings is 1. The zero-order chi connectivity index (χ0) is 18.9. The molecule has 2 heterocycles. The maximum atomic E-state index is 12.7. The number of fused-ring (bicyclic) bond motifs is 2. The highest BCUT2D eigenvalue weighted by Crippen LogP contribution is 2.51. The van der Waals surface area contributed by atoms with E-state index < -0.39 is 5.69 Å². The van der Waals surface area contributed by atoms with Crippen LogP contribution in [0.1, 0.15) is 30.0 Å². The zero-order valence-corrected chi connectivity index (χ0v) is 15.4. The van der Waals surface area contributed by atoms with Crippen molar-refractivity contribution in [1.29, 1.82) is 0 Å². The number of hydrogen-bond donors (Lipinski definition) is 2. The predicted molar refractivity (Wildman–Crippen MR) is 100 cm³/mol. The van der Waals surface area contributed by atoms with Crippen LogP contribution < -0.4 is 16.3 Å².